The molecular weight excluding hydrogens is 338 g/mol. The zero-order chi connectivity index (χ0) is 19.0. The van der Waals surface area contributed by atoms with Gasteiger partial charge in [-0.1, -0.05) is 36.4 Å². The Hall–Kier alpha value is -2.89. The number of hydrogen-bond acceptors (Lipinski definition) is 4. The molecule has 5 heteroatoms. The van der Waals surface area contributed by atoms with Crippen LogP contribution in [0.15, 0.2) is 54.6 Å². The van der Waals surface area contributed by atoms with Crippen LogP contribution in [0.2, 0.25) is 0 Å². The average Bonchev–Trinajstić information content (AvgIpc) is 3.14. The number of hydrazine groups is 1. The van der Waals surface area contributed by atoms with E-state index in [1.807, 2.05) is 62.4 Å². The number of fused-ring (bicyclic) bond motifs is 1. The summed E-state index contributed by atoms with van der Waals surface area (Å²) in [6.07, 6.45) is 0.565. The highest BCUT2D eigenvalue weighted by atomic mass is 16.3. The predicted octanol–water partition coefficient (Wildman–Crippen LogP) is 3.71. The van der Waals surface area contributed by atoms with Gasteiger partial charge < -0.3 is 10.4 Å². The molecule has 1 aliphatic rings. The van der Waals surface area contributed by atoms with Crippen LogP contribution in [0.1, 0.15) is 29.2 Å². The molecule has 0 spiro atoms. The van der Waals surface area contributed by atoms with Crippen LogP contribution in [-0.4, -0.2) is 17.1 Å². The van der Waals surface area contributed by atoms with E-state index in [1.54, 1.807) is 6.07 Å². The topological polar surface area (TPSA) is 73.4 Å². The van der Waals surface area contributed by atoms with Gasteiger partial charge in [-0.2, -0.15) is 0 Å². The van der Waals surface area contributed by atoms with Gasteiger partial charge in [-0.15, -0.1) is 0 Å². The summed E-state index contributed by atoms with van der Waals surface area (Å²) in [4.78, 5) is 12.7. The monoisotopic (exact) mass is 361 g/mol. The predicted molar refractivity (Wildman–Crippen MR) is 108 cm³/mol. The molecule has 1 heterocycles. The maximum absolute atomic E-state index is 12.7. The maximum atomic E-state index is 12.7. The normalized spacial score (nSPS) is 19.3. The van der Waals surface area contributed by atoms with Crippen molar-refractivity contribution < 1.29 is 9.90 Å². The molecule has 1 saturated heterocycles. The van der Waals surface area contributed by atoms with E-state index in [0.717, 1.165) is 33.2 Å². The molecule has 4 N–H and O–H groups in total. The van der Waals surface area contributed by atoms with E-state index in [9.17, 15) is 9.90 Å². The molecule has 2 atom stereocenters. The second-order valence-electron chi connectivity index (χ2n) is 7.18. The Morgan fingerprint density at radius 1 is 1.00 bits per heavy atom. The van der Waals surface area contributed by atoms with Crippen LogP contribution in [0.4, 0.5) is 5.69 Å². The first kappa shape index (κ1) is 17.5. The molecule has 1 aliphatic heterocycles. The molecule has 4 rings (SSSR count). The van der Waals surface area contributed by atoms with Gasteiger partial charge in [0.05, 0.1) is 6.04 Å². The van der Waals surface area contributed by atoms with Crippen molar-refractivity contribution >= 4 is 22.4 Å². The van der Waals surface area contributed by atoms with E-state index in [4.69, 9.17) is 0 Å². The summed E-state index contributed by atoms with van der Waals surface area (Å²) >= 11 is 0. The third-order valence-electron chi connectivity index (χ3n) is 5.26. The van der Waals surface area contributed by atoms with Crippen LogP contribution in [0.5, 0.6) is 5.75 Å². The summed E-state index contributed by atoms with van der Waals surface area (Å²) in [5.74, 6) is 0.164. The van der Waals surface area contributed by atoms with Gasteiger partial charge in [-0.05, 0) is 60.4 Å². The minimum absolute atomic E-state index is 0.0939. The van der Waals surface area contributed by atoms with Crippen molar-refractivity contribution in [3.8, 4) is 5.75 Å². The molecular formula is C22H23N3O2. The van der Waals surface area contributed by atoms with E-state index in [1.165, 1.54) is 0 Å². The molecule has 3 aromatic carbocycles. The number of nitrogens with one attached hydrogen (secondary N) is 3. The molecule has 27 heavy (non-hydrogen) atoms. The number of carbonyl (C=O) groups is 1. The Bertz CT molecular complexity index is 1020. The van der Waals surface area contributed by atoms with E-state index >= 15 is 0 Å². The fourth-order valence-electron chi connectivity index (χ4n) is 3.53. The second kappa shape index (κ2) is 7.02. The van der Waals surface area contributed by atoms with Gasteiger partial charge in [0.1, 0.15) is 11.8 Å². The van der Waals surface area contributed by atoms with Crippen LogP contribution < -0.4 is 16.2 Å². The molecule has 138 valence electrons. The Morgan fingerprint density at radius 2 is 1.74 bits per heavy atom. The molecule has 0 saturated carbocycles. The fraction of sp³-hybridized carbons (Fsp3) is 0.227. The van der Waals surface area contributed by atoms with E-state index in [0.29, 0.717) is 6.42 Å². The van der Waals surface area contributed by atoms with Crippen LogP contribution in [-0.2, 0) is 4.79 Å². The number of hydrogen-bond donors (Lipinski definition) is 4. The molecule has 1 amide bonds. The summed E-state index contributed by atoms with van der Waals surface area (Å²) < 4.78 is 0. The number of carbonyl (C=O) groups excluding carboxylic acids is 1. The number of anilines is 1. The van der Waals surface area contributed by atoms with E-state index < -0.39 is 0 Å². The third-order valence-corrected chi connectivity index (χ3v) is 5.26. The first-order chi connectivity index (χ1) is 13.0. The number of aryl methyl sites for hydroxylation is 2. The lowest BCUT2D eigenvalue weighted by atomic mass is 9.97. The lowest BCUT2D eigenvalue weighted by Gasteiger charge is -2.14. The maximum Gasteiger partial charge on any atom is 0.242 e. The molecule has 0 aliphatic carbocycles. The lowest BCUT2D eigenvalue weighted by Crippen LogP contribution is -2.39. The largest absolute Gasteiger partial charge is 0.508 e. The van der Waals surface area contributed by atoms with Gasteiger partial charge >= 0.3 is 0 Å². The number of amides is 1. The highest BCUT2D eigenvalue weighted by Crippen LogP contribution is 2.32. The molecule has 0 radical (unpaired) electrons. The highest BCUT2D eigenvalue weighted by Gasteiger charge is 2.31. The number of phenolic OH excluding ortho intramolecular Hbond substituents is 1. The summed E-state index contributed by atoms with van der Waals surface area (Å²) in [6.45, 7) is 3.99. The van der Waals surface area contributed by atoms with Gasteiger partial charge in [0.25, 0.3) is 0 Å². The molecule has 1 fully saturated rings. The van der Waals surface area contributed by atoms with E-state index in [-0.39, 0.29) is 23.7 Å². The minimum atomic E-state index is -0.373. The molecule has 5 nitrogen and oxygen atoms in total. The van der Waals surface area contributed by atoms with Crippen LogP contribution in [0, 0.1) is 13.8 Å². The average molecular weight is 361 g/mol. The highest BCUT2D eigenvalue weighted by molar-refractivity contribution is 5.97. The number of benzene rings is 3. The van der Waals surface area contributed by atoms with E-state index in [2.05, 4.69) is 16.2 Å². The number of rotatable bonds is 3. The van der Waals surface area contributed by atoms with Gasteiger partial charge in [0, 0.05) is 11.3 Å². The van der Waals surface area contributed by atoms with Gasteiger partial charge in [-0.3, -0.25) is 4.79 Å². The fourth-order valence-corrected chi connectivity index (χ4v) is 3.53. The van der Waals surface area contributed by atoms with Crippen molar-refractivity contribution in [2.45, 2.75) is 32.4 Å². The van der Waals surface area contributed by atoms with Crippen molar-refractivity contribution in [2.24, 2.45) is 0 Å². The van der Waals surface area contributed by atoms with Gasteiger partial charge in [-0.25, -0.2) is 10.9 Å². The van der Waals surface area contributed by atoms with Crippen molar-refractivity contribution in [2.75, 3.05) is 5.32 Å². The number of aromatic hydroxyl groups is 1. The quantitative estimate of drug-likeness (QED) is 0.574. The third kappa shape index (κ3) is 3.52. The Balaban J connectivity index is 1.46. The Kier molecular flexibility index (Phi) is 4.56. The number of phenols is 1. The molecule has 3 aromatic rings. The van der Waals surface area contributed by atoms with Crippen molar-refractivity contribution in [3.63, 3.8) is 0 Å². The first-order valence-electron chi connectivity index (χ1n) is 9.12. The van der Waals surface area contributed by atoms with Gasteiger partial charge in [0.15, 0.2) is 0 Å². The zero-order valence-corrected chi connectivity index (χ0v) is 15.4. The van der Waals surface area contributed by atoms with Crippen molar-refractivity contribution in [1.82, 2.24) is 10.9 Å². The summed E-state index contributed by atoms with van der Waals surface area (Å²) in [6, 6.07) is 17.2. The Labute approximate surface area is 158 Å². The van der Waals surface area contributed by atoms with Gasteiger partial charge in [0.2, 0.25) is 5.91 Å². The molecule has 0 aromatic heterocycles. The van der Waals surface area contributed by atoms with Crippen LogP contribution in [0.3, 0.4) is 0 Å². The van der Waals surface area contributed by atoms with Crippen molar-refractivity contribution in [1.29, 1.82) is 0 Å². The second-order valence-corrected chi connectivity index (χ2v) is 7.18. The van der Waals surface area contributed by atoms with Crippen LogP contribution in [0.25, 0.3) is 10.8 Å². The standard InChI is InChI=1S/C22H23N3O2/c1-13-9-18(21(26)10-14(13)2)19-12-20(25-24-19)22(27)23-17-8-7-15-5-3-4-6-16(15)11-17/h3-11,19-20,24-26H,12H2,1-2H3,(H,23,27). The SMILES string of the molecule is Cc1cc(O)c(C2CC(C(=O)Nc3ccc4ccccc4c3)NN2)cc1C. The lowest BCUT2D eigenvalue weighted by molar-refractivity contribution is -0.117. The summed E-state index contributed by atoms with van der Waals surface area (Å²) in [5.41, 5.74) is 9.94. The summed E-state index contributed by atoms with van der Waals surface area (Å²) in [7, 11) is 0. The molecule has 2 unspecified atom stereocenters. The van der Waals surface area contributed by atoms with Crippen molar-refractivity contribution in [3.05, 3.63) is 71.3 Å². The minimum Gasteiger partial charge on any atom is -0.508 e. The summed E-state index contributed by atoms with van der Waals surface area (Å²) in [5, 5.41) is 15.5. The smallest absolute Gasteiger partial charge is 0.242 e. The molecule has 0 bridgehead atoms. The van der Waals surface area contributed by atoms with Crippen LogP contribution >= 0.6 is 0 Å². The Morgan fingerprint density at radius 3 is 2.56 bits per heavy atom. The first-order valence-corrected chi connectivity index (χ1v) is 9.12. The zero-order valence-electron chi connectivity index (χ0n) is 15.4.